The number of nitrogens with zero attached hydrogens (tertiary/aromatic N) is 1. The van der Waals surface area contributed by atoms with Gasteiger partial charge >= 0.3 is 11.8 Å². The molecule has 2 N–H and O–H groups in total. The normalized spacial score (nSPS) is 10.5. The van der Waals surface area contributed by atoms with E-state index in [1.807, 2.05) is 37.3 Å². The molecule has 0 bridgehead atoms. The van der Waals surface area contributed by atoms with Crippen molar-refractivity contribution >= 4 is 29.6 Å². The highest BCUT2D eigenvalue weighted by Crippen LogP contribution is 2.36. The zero-order valence-electron chi connectivity index (χ0n) is 15.7. The van der Waals surface area contributed by atoms with Crippen LogP contribution in [0.15, 0.2) is 47.6 Å². The van der Waals surface area contributed by atoms with E-state index in [0.29, 0.717) is 35.2 Å². The van der Waals surface area contributed by atoms with Crippen LogP contribution in [0, 0.1) is 0 Å². The van der Waals surface area contributed by atoms with Crippen molar-refractivity contribution in [3.63, 3.8) is 0 Å². The summed E-state index contributed by atoms with van der Waals surface area (Å²) in [5, 5.41) is 6.57. The zero-order chi connectivity index (χ0) is 20.4. The summed E-state index contributed by atoms with van der Waals surface area (Å²) in [7, 11) is 1.50. The largest absolute Gasteiger partial charge is 0.493 e. The van der Waals surface area contributed by atoms with Crippen LogP contribution in [0.25, 0.3) is 0 Å². The van der Waals surface area contributed by atoms with E-state index in [9.17, 15) is 9.59 Å². The first-order chi connectivity index (χ1) is 13.5. The van der Waals surface area contributed by atoms with E-state index < -0.39 is 11.8 Å². The molecule has 0 radical (unpaired) electrons. The Morgan fingerprint density at radius 3 is 2.61 bits per heavy atom. The van der Waals surface area contributed by atoms with E-state index >= 15 is 0 Å². The second-order valence-corrected chi connectivity index (χ2v) is 6.17. The van der Waals surface area contributed by atoms with E-state index in [4.69, 9.17) is 21.1 Å². The number of carbonyl (C=O) groups is 2. The Kier molecular flexibility index (Phi) is 8.30. The number of rotatable bonds is 8. The first-order valence-electron chi connectivity index (χ1n) is 8.70. The summed E-state index contributed by atoms with van der Waals surface area (Å²) < 4.78 is 11.1. The Morgan fingerprint density at radius 1 is 1.18 bits per heavy atom. The standard InChI is InChI=1S/C20H22ClN3O4/c1-3-9-22-19(25)20(26)24-23-12-15-10-16(21)18(17(11-15)27-2)28-13-14-7-5-4-6-8-14/h4-8,10-12H,3,9,13H2,1-2H3,(H,22,25)(H,24,26)/b23-12-. The molecule has 148 valence electrons. The molecular formula is C20H22ClN3O4. The molecule has 0 aliphatic carbocycles. The molecule has 0 saturated heterocycles. The van der Waals surface area contributed by atoms with Crippen molar-refractivity contribution in [1.82, 2.24) is 10.7 Å². The van der Waals surface area contributed by atoms with Gasteiger partial charge in [0, 0.05) is 6.54 Å². The molecule has 2 aromatic carbocycles. The second-order valence-electron chi connectivity index (χ2n) is 5.76. The fraction of sp³-hybridized carbons (Fsp3) is 0.250. The number of ether oxygens (including phenoxy) is 2. The van der Waals surface area contributed by atoms with Crippen LogP contribution in [0.3, 0.4) is 0 Å². The van der Waals surface area contributed by atoms with Gasteiger partial charge in [0.25, 0.3) is 0 Å². The maximum absolute atomic E-state index is 11.6. The molecule has 0 spiro atoms. The van der Waals surface area contributed by atoms with Crippen molar-refractivity contribution in [3.05, 3.63) is 58.6 Å². The summed E-state index contributed by atoms with van der Waals surface area (Å²) in [6.07, 6.45) is 2.10. The SMILES string of the molecule is CCCNC(=O)C(=O)N/N=C\c1cc(Cl)c(OCc2ccccc2)c(OC)c1. The summed E-state index contributed by atoms with van der Waals surface area (Å²) in [6, 6.07) is 13.0. The third kappa shape index (κ3) is 6.28. The summed E-state index contributed by atoms with van der Waals surface area (Å²) in [6.45, 7) is 2.65. The number of hydrogen-bond acceptors (Lipinski definition) is 5. The highest BCUT2D eigenvalue weighted by molar-refractivity contribution is 6.35. The molecule has 0 heterocycles. The Labute approximate surface area is 168 Å². The average Bonchev–Trinajstić information content (AvgIpc) is 2.71. The molecule has 0 aromatic heterocycles. The maximum Gasteiger partial charge on any atom is 0.329 e. The van der Waals surface area contributed by atoms with Crippen molar-refractivity contribution < 1.29 is 19.1 Å². The fourth-order valence-electron chi connectivity index (χ4n) is 2.22. The minimum absolute atomic E-state index is 0.337. The summed E-state index contributed by atoms with van der Waals surface area (Å²) >= 11 is 6.31. The summed E-state index contributed by atoms with van der Waals surface area (Å²) in [4.78, 5) is 23.1. The Bertz CT molecular complexity index is 841. The number of benzene rings is 2. The number of hydrogen-bond donors (Lipinski definition) is 2. The summed E-state index contributed by atoms with van der Waals surface area (Å²) in [5.74, 6) is -0.741. The van der Waals surface area contributed by atoms with E-state index in [1.54, 1.807) is 12.1 Å². The molecule has 2 amide bonds. The molecule has 0 saturated carbocycles. The molecular weight excluding hydrogens is 382 g/mol. The predicted octanol–water partition coefficient (Wildman–Crippen LogP) is 2.90. The predicted molar refractivity (Wildman–Crippen MR) is 108 cm³/mol. The topological polar surface area (TPSA) is 89.0 Å². The Hall–Kier alpha value is -3.06. The number of carbonyl (C=O) groups excluding carboxylic acids is 2. The lowest BCUT2D eigenvalue weighted by atomic mass is 10.2. The molecule has 0 unspecified atom stereocenters. The smallest absolute Gasteiger partial charge is 0.329 e. The lowest BCUT2D eigenvalue weighted by Crippen LogP contribution is -2.38. The fourth-order valence-corrected chi connectivity index (χ4v) is 2.49. The molecule has 28 heavy (non-hydrogen) atoms. The highest BCUT2D eigenvalue weighted by Gasteiger charge is 2.13. The number of halogens is 1. The van der Waals surface area contributed by atoms with Crippen LogP contribution >= 0.6 is 11.6 Å². The molecule has 2 aromatic rings. The first kappa shape index (κ1) is 21.2. The molecule has 0 fully saturated rings. The van der Waals surface area contributed by atoms with E-state index in [0.717, 1.165) is 12.0 Å². The first-order valence-corrected chi connectivity index (χ1v) is 9.08. The average molecular weight is 404 g/mol. The monoisotopic (exact) mass is 403 g/mol. The maximum atomic E-state index is 11.6. The number of methoxy groups -OCH3 is 1. The minimum Gasteiger partial charge on any atom is -0.493 e. The van der Waals surface area contributed by atoms with E-state index in [1.165, 1.54) is 13.3 Å². The molecule has 0 atom stereocenters. The van der Waals surface area contributed by atoms with Crippen LogP contribution in [-0.2, 0) is 16.2 Å². The molecule has 7 nitrogen and oxygen atoms in total. The van der Waals surface area contributed by atoms with Gasteiger partial charge in [-0.3, -0.25) is 9.59 Å². The van der Waals surface area contributed by atoms with Gasteiger partial charge in [-0.1, -0.05) is 48.9 Å². The lowest BCUT2D eigenvalue weighted by molar-refractivity contribution is -0.139. The van der Waals surface area contributed by atoms with Gasteiger partial charge in [0.1, 0.15) is 6.61 Å². The van der Waals surface area contributed by atoms with Crippen LogP contribution in [0.2, 0.25) is 5.02 Å². The van der Waals surface area contributed by atoms with Gasteiger partial charge < -0.3 is 14.8 Å². The van der Waals surface area contributed by atoms with Gasteiger partial charge in [-0.15, -0.1) is 0 Å². The zero-order valence-corrected chi connectivity index (χ0v) is 16.5. The third-order valence-electron chi connectivity index (χ3n) is 3.60. The van der Waals surface area contributed by atoms with Crippen LogP contribution < -0.4 is 20.2 Å². The van der Waals surface area contributed by atoms with Crippen molar-refractivity contribution in [2.45, 2.75) is 20.0 Å². The molecule has 8 heteroatoms. The van der Waals surface area contributed by atoms with Gasteiger partial charge in [0.05, 0.1) is 18.3 Å². The van der Waals surface area contributed by atoms with Gasteiger partial charge in [0.2, 0.25) is 0 Å². The van der Waals surface area contributed by atoms with Crippen LogP contribution in [0.5, 0.6) is 11.5 Å². The molecule has 0 aliphatic rings. The van der Waals surface area contributed by atoms with Gasteiger partial charge in [-0.25, -0.2) is 5.43 Å². The lowest BCUT2D eigenvalue weighted by Gasteiger charge is -2.13. The highest BCUT2D eigenvalue weighted by atomic mass is 35.5. The van der Waals surface area contributed by atoms with Gasteiger partial charge in [-0.2, -0.15) is 5.10 Å². The van der Waals surface area contributed by atoms with Crippen molar-refractivity contribution in [3.8, 4) is 11.5 Å². The Morgan fingerprint density at radius 2 is 1.93 bits per heavy atom. The van der Waals surface area contributed by atoms with E-state index in [2.05, 4.69) is 15.8 Å². The van der Waals surface area contributed by atoms with Crippen molar-refractivity contribution in [1.29, 1.82) is 0 Å². The number of nitrogens with one attached hydrogen (secondary N) is 2. The molecule has 2 rings (SSSR count). The van der Waals surface area contributed by atoms with Crippen LogP contribution in [0.4, 0.5) is 0 Å². The number of hydrazone groups is 1. The third-order valence-corrected chi connectivity index (χ3v) is 3.88. The minimum atomic E-state index is -0.842. The Balaban J connectivity index is 2.03. The van der Waals surface area contributed by atoms with Crippen molar-refractivity contribution in [2.75, 3.05) is 13.7 Å². The second kappa shape index (κ2) is 10.9. The van der Waals surface area contributed by atoms with Crippen LogP contribution in [0.1, 0.15) is 24.5 Å². The quantitative estimate of drug-likeness (QED) is 0.403. The van der Waals surface area contributed by atoms with E-state index in [-0.39, 0.29) is 0 Å². The van der Waals surface area contributed by atoms with Gasteiger partial charge in [-0.05, 0) is 29.7 Å². The van der Waals surface area contributed by atoms with Crippen molar-refractivity contribution in [2.24, 2.45) is 5.10 Å². The molecule has 0 aliphatic heterocycles. The summed E-state index contributed by atoms with van der Waals surface area (Å²) in [5.41, 5.74) is 3.73. The van der Waals surface area contributed by atoms with Crippen LogP contribution in [-0.4, -0.2) is 31.7 Å². The van der Waals surface area contributed by atoms with Gasteiger partial charge in [0.15, 0.2) is 11.5 Å². The number of amides is 2.